The summed E-state index contributed by atoms with van der Waals surface area (Å²) >= 11 is 6.26. The SMILES string of the molecule is CNC(CC(C)(C)C)c1c(Cl)cnn1CCOC. The van der Waals surface area contributed by atoms with Crippen LogP contribution in [0.4, 0.5) is 0 Å². The maximum atomic E-state index is 6.26. The lowest BCUT2D eigenvalue weighted by atomic mass is 9.87. The van der Waals surface area contributed by atoms with E-state index in [0.29, 0.717) is 6.61 Å². The van der Waals surface area contributed by atoms with Gasteiger partial charge >= 0.3 is 0 Å². The van der Waals surface area contributed by atoms with Gasteiger partial charge < -0.3 is 10.1 Å². The molecule has 1 N–H and O–H groups in total. The van der Waals surface area contributed by atoms with Gasteiger partial charge in [0.05, 0.1) is 36.1 Å². The molecule has 4 nitrogen and oxygen atoms in total. The van der Waals surface area contributed by atoms with Gasteiger partial charge in [0.25, 0.3) is 0 Å². The number of aromatic nitrogens is 2. The van der Waals surface area contributed by atoms with E-state index in [1.807, 2.05) is 11.7 Å². The second-order valence-electron chi connectivity index (χ2n) is 5.70. The van der Waals surface area contributed by atoms with Gasteiger partial charge in [0, 0.05) is 7.11 Å². The second kappa shape index (κ2) is 6.55. The molecule has 18 heavy (non-hydrogen) atoms. The van der Waals surface area contributed by atoms with Gasteiger partial charge in [-0.05, 0) is 18.9 Å². The number of hydrogen-bond donors (Lipinski definition) is 1. The monoisotopic (exact) mass is 273 g/mol. The third kappa shape index (κ3) is 4.26. The minimum atomic E-state index is 0.205. The summed E-state index contributed by atoms with van der Waals surface area (Å²) in [5, 5.41) is 8.37. The molecule has 0 fully saturated rings. The van der Waals surface area contributed by atoms with Gasteiger partial charge in [-0.15, -0.1) is 0 Å². The molecule has 1 aromatic rings. The first-order chi connectivity index (χ1) is 8.39. The number of hydrogen-bond acceptors (Lipinski definition) is 3. The Morgan fingerprint density at radius 3 is 2.67 bits per heavy atom. The van der Waals surface area contributed by atoms with Crippen molar-refractivity contribution >= 4 is 11.6 Å². The van der Waals surface area contributed by atoms with Gasteiger partial charge in [-0.3, -0.25) is 4.68 Å². The first kappa shape index (κ1) is 15.5. The molecule has 0 bridgehead atoms. The Labute approximate surface area is 115 Å². The lowest BCUT2D eigenvalue weighted by Gasteiger charge is -2.26. The molecule has 1 unspecified atom stereocenters. The van der Waals surface area contributed by atoms with E-state index in [1.54, 1.807) is 13.3 Å². The number of rotatable bonds is 6. The first-order valence-electron chi connectivity index (χ1n) is 6.26. The lowest BCUT2D eigenvalue weighted by molar-refractivity contribution is 0.180. The number of methoxy groups -OCH3 is 1. The third-order valence-corrected chi connectivity index (χ3v) is 3.13. The highest BCUT2D eigenvalue weighted by Gasteiger charge is 2.24. The first-order valence-corrected chi connectivity index (χ1v) is 6.64. The number of halogens is 1. The Hall–Kier alpha value is -0.580. The molecule has 1 aromatic heterocycles. The van der Waals surface area contributed by atoms with E-state index in [2.05, 4.69) is 31.2 Å². The van der Waals surface area contributed by atoms with E-state index in [4.69, 9.17) is 16.3 Å². The molecule has 0 aliphatic carbocycles. The zero-order valence-electron chi connectivity index (χ0n) is 12.0. The molecule has 5 heteroatoms. The Balaban J connectivity index is 2.93. The van der Waals surface area contributed by atoms with E-state index in [9.17, 15) is 0 Å². The van der Waals surface area contributed by atoms with E-state index < -0.39 is 0 Å². The molecule has 1 rings (SSSR count). The maximum absolute atomic E-state index is 6.26. The Kier molecular flexibility index (Phi) is 5.63. The van der Waals surface area contributed by atoms with E-state index in [0.717, 1.165) is 23.7 Å². The molecule has 0 saturated carbocycles. The zero-order chi connectivity index (χ0) is 13.8. The zero-order valence-corrected chi connectivity index (χ0v) is 12.7. The van der Waals surface area contributed by atoms with Crippen LogP contribution >= 0.6 is 11.6 Å². The summed E-state index contributed by atoms with van der Waals surface area (Å²) < 4.78 is 7.03. The predicted molar refractivity (Wildman–Crippen MR) is 75.0 cm³/mol. The molecule has 0 aliphatic heterocycles. The second-order valence-corrected chi connectivity index (χ2v) is 6.11. The molecule has 0 saturated heterocycles. The predicted octanol–water partition coefficient (Wildman–Crippen LogP) is 2.88. The summed E-state index contributed by atoms with van der Waals surface area (Å²) in [5.41, 5.74) is 1.28. The van der Waals surface area contributed by atoms with Crippen molar-refractivity contribution < 1.29 is 4.74 Å². The highest BCUT2D eigenvalue weighted by atomic mass is 35.5. The lowest BCUT2D eigenvalue weighted by Crippen LogP contribution is -2.26. The largest absolute Gasteiger partial charge is 0.383 e. The van der Waals surface area contributed by atoms with Gasteiger partial charge in [0.2, 0.25) is 0 Å². The molecule has 1 heterocycles. The highest BCUT2D eigenvalue weighted by Crippen LogP contribution is 2.32. The average Bonchev–Trinajstić information content (AvgIpc) is 2.63. The minimum absolute atomic E-state index is 0.205. The standard InChI is InChI=1S/C13H24ClN3O/c1-13(2,3)8-11(15-4)12-10(14)9-16-17(12)6-7-18-5/h9,11,15H,6-8H2,1-5H3. The van der Waals surface area contributed by atoms with Crippen LogP contribution in [0.25, 0.3) is 0 Å². The number of ether oxygens (including phenoxy) is 1. The minimum Gasteiger partial charge on any atom is -0.383 e. The van der Waals surface area contributed by atoms with Crippen LogP contribution in [0.1, 0.15) is 38.9 Å². The van der Waals surface area contributed by atoms with Crippen LogP contribution in [0.5, 0.6) is 0 Å². The highest BCUT2D eigenvalue weighted by molar-refractivity contribution is 6.31. The van der Waals surface area contributed by atoms with Crippen molar-refractivity contribution in [1.29, 1.82) is 0 Å². The van der Waals surface area contributed by atoms with Crippen LogP contribution in [0.3, 0.4) is 0 Å². The van der Waals surface area contributed by atoms with E-state index in [1.165, 1.54) is 0 Å². The molecule has 0 aromatic carbocycles. The van der Waals surface area contributed by atoms with Crippen molar-refractivity contribution in [3.8, 4) is 0 Å². The summed E-state index contributed by atoms with van der Waals surface area (Å²) in [5.74, 6) is 0. The molecular formula is C13H24ClN3O. The molecular weight excluding hydrogens is 250 g/mol. The fourth-order valence-corrected chi connectivity index (χ4v) is 2.30. The van der Waals surface area contributed by atoms with Gasteiger partial charge in [0.1, 0.15) is 0 Å². The number of nitrogens with zero attached hydrogens (tertiary/aromatic N) is 2. The molecule has 1 atom stereocenters. The van der Waals surface area contributed by atoms with Crippen molar-refractivity contribution in [2.24, 2.45) is 5.41 Å². The third-order valence-electron chi connectivity index (χ3n) is 2.84. The number of nitrogens with one attached hydrogen (secondary N) is 1. The van der Waals surface area contributed by atoms with Crippen LogP contribution in [0, 0.1) is 5.41 Å². The Bertz CT molecular complexity index is 371. The topological polar surface area (TPSA) is 39.1 Å². The molecule has 0 amide bonds. The molecule has 0 radical (unpaired) electrons. The molecule has 0 spiro atoms. The smallest absolute Gasteiger partial charge is 0.0834 e. The Morgan fingerprint density at radius 1 is 1.50 bits per heavy atom. The molecule has 104 valence electrons. The van der Waals surface area contributed by atoms with Crippen LogP contribution in [-0.2, 0) is 11.3 Å². The van der Waals surface area contributed by atoms with Gasteiger partial charge in [-0.1, -0.05) is 32.4 Å². The molecule has 0 aliphatic rings. The Morgan fingerprint density at radius 2 is 2.17 bits per heavy atom. The van der Waals surface area contributed by atoms with Crippen molar-refractivity contribution in [1.82, 2.24) is 15.1 Å². The van der Waals surface area contributed by atoms with Crippen LogP contribution in [0.15, 0.2) is 6.20 Å². The fraction of sp³-hybridized carbons (Fsp3) is 0.769. The van der Waals surface area contributed by atoms with Gasteiger partial charge in [-0.25, -0.2) is 0 Å². The van der Waals surface area contributed by atoms with Crippen LogP contribution < -0.4 is 5.32 Å². The van der Waals surface area contributed by atoms with E-state index >= 15 is 0 Å². The van der Waals surface area contributed by atoms with Gasteiger partial charge in [0.15, 0.2) is 0 Å². The fourth-order valence-electron chi connectivity index (χ4n) is 2.02. The summed E-state index contributed by atoms with van der Waals surface area (Å²) in [4.78, 5) is 0. The van der Waals surface area contributed by atoms with Crippen molar-refractivity contribution in [2.45, 2.75) is 39.8 Å². The quantitative estimate of drug-likeness (QED) is 0.866. The normalized spacial score (nSPS) is 13.9. The van der Waals surface area contributed by atoms with E-state index in [-0.39, 0.29) is 11.5 Å². The van der Waals surface area contributed by atoms with Gasteiger partial charge in [-0.2, -0.15) is 5.10 Å². The van der Waals surface area contributed by atoms with Crippen LogP contribution in [0.2, 0.25) is 5.02 Å². The summed E-state index contributed by atoms with van der Waals surface area (Å²) in [6, 6.07) is 0.205. The van der Waals surface area contributed by atoms with Crippen molar-refractivity contribution in [3.63, 3.8) is 0 Å². The summed E-state index contributed by atoms with van der Waals surface area (Å²) in [6.07, 6.45) is 2.71. The van der Waals surface area contributed by atoms with Crippen molar-refractivity contribution in [3.05, 3.63) is 16.9 Å². The average molecular weight is 274 g/mol. The maximum Gasteiger partial charge on any atom is 0.0834 e. The summed E-state index contributed by atoms with van der Waals surface area (Å²) in [6.45, 7) is 8.03. The van der Waals surface area contributed by atoms with Crippen molar-refractivity contribution in [2.75, 3.05) is 20.8 Å². The summed E-state index contributed by atoms with van der Waals surface area (Å²) in [7, 11) is 3.65. The van der Waals surface area contributed by atoms with Crippen LogP contribution in [-0.4, -0.2) is 30.5 Å².